The van der Waals surface area contributed by atoms with E-state index in [4.69, 9.17) is 10.1 Å². The highest BCUT2D eigenvalue weighted by molar-refractivity contribution is 5.79. The zero-order valence-electron chi connectivity index (χ0n) is 15.3. The van der Waals surface area contributed by atoms with Crippen molar-refractivity contribution in [2.45, 2.75) is 25.3 Å². The van der Waals surface area contributed by atoms with Gasteiger partial charge in [0.1, 0.15) is 29.7 Å². The van der Waals surface area contributed by atoms with Crippen LogP contribution < -0.4 is 4.90 Å². The van der Waals surface area contributed by atoms with Crippen LogP contribution in [0.25, 0.3) is 0 Å². The Labute approximate surface area is 162 Å². The molecule has 0 bridgehead atoms. The molecule has 1 amide bonds. The summed E-state index contributed by atoms with van der Waals surface area (Å²) in [6, 6.07) is 9.74. The topological polar surface area (TPSA) is 82.4 Å². The van der Waals surface area contributed by atoms with Gasteiger partial charge in [0.05, 0.1) is 12.6 Å². The smallest absolute Gasteiger partial charge is 0.249 e. The molecule has 2 fully saturated rings. The van der Waals surface area contributed by atoms with Crippen LogP contribution >= 0.6 is 0 Å². The molecule has 2 aliphatic rings. The first kappa shape index (κ1) is 18.3. The molecule has 2 saturated heterocycles. The second-order valence-corrected chi connectivity index (χ2v) is 6.99. The number of nitrogens with zero attached hydrogens (tertiary/aromatic N) is 5. The van der Waals surface area contributed by atoms with Crippen molar-refractivity contribution in [3.8, 4) is 6.07 Å². The molecule has 1 atom stereocenters. The van der Waals surface area contributed by atoms with Crippen LogP contribution in [0.1, 0.15) is 36.6 Å². The third kappa shape index (κ3) is 3.66. The summed E-state index contributed by atoms with van der Waals surface area (Å²) in [5.41, 5.74) is 1.21. The number of benzene rings is 1. The minimum Gasteiger partial charge on any atom is -0.356 e. The lowest BCUT2D eigenvalue weighted by molar-refractivity contribution is -0.182. The molecule has 2 aliphatic heterocycles. The lowest BCUT2D eigenvalue weighted by Crippen LogP contribution is -2.42. The van der Waals surface area contributed by atoms with Crippen LogP contribution in [-0.2, 0) is 9.63 Å². The Bertz CT molecular complexity index is 890. The van der Waals surface area contributed by atoms with Crippen molar-refractivity contribution in [1.82, 2.24) is 15.0 Å². The maximum absolute atomic E-state index is 13.2. The Balaban J connectivity index is 1.40. The number of rotatable bonds is 3. The van der Waals surface area contributed by atoms with Crippen molar-refractivity contribution in [3.05, 3.63) is 53.7 Å². The van der Waals surface area contributed by atoms with Crippen molar-refractivity contribution in [2.24, 2.45) is 5.92 Å². The quantitative estimate of drug-likeness (QED) is 0.813. The van der Waals surface area contributed by atoms with Crippen LogP contribution in [0.5, 0.6) is 0 Å². The van der Waals surface area contributed by atoms with Crippen molar-refractivity contribution in [1.29, 1.82) is 5.26 Å². The van der Waals surface area contributed by atoms with E-state index < -0.39 is 0 Å². The molecule has 0 spiro atoms. The lowest BCUT2D eigenvalue weighted by Gasteiger charge is -2.34. The highest BCUT2D eigenvalue weighted by Crippen LogP contribution is 2.34. The first-order chi connectivity index (χ1) is 13.7. The van der Waals surface area contributed by atoms with Gasteiger partial charge in [-0.25, -0.2) is 19.4 Å². The minimum atomic E-state index is -0.294. The zero-order chi connectivity index (χ0) is 19.5. The number of carbonyl (C=O) groups excluding carboxylic acids is 1. The van der Waals surface area contributed by atoms with Crippen LogP contribution in [-0.4, -0.2) is 40.6 Å². The number of carbonyl (C=O) groups is 1. The summed E-state index contributed by atoms with van der Waals surface area (Å²) in [6.07, 6.45) is 3.45. The van der Waals surface area contributed by atoms with Crippen molar-refractivity contribution < 1.29 is 14.0 Å². The van der Waals surface area contributed by atoms with Crippen LogP contribution in [0.3, 0.4) is 0 Å². The fraction of sp³-hybridized carbons (Fsp3) is 0.400. The van der Waals surface area contributed by atoms with E-state index in [-0.39, 0.29) is 23.7 Å². The van der Waals surface area contributed by atoms with Gasteiger partial charge in [-0.3, -0.25) is 9.63 Å². The molecule has 0 aliphatic carbocycles. The molecule has 0 radical (unpaired) electrons. The van der Waals surface area contributed by atoms with E-state index in [1.54, 1.807) is 18.2 Å². The standard InChI is InChI=1S/C20H20FN5O2/c21-16-3-1-14(2-4-16)18-7-10-28-26(18)20(27)15-5-8-25(9-6-15)19-11-17(12-22)23-13-24-19/h1-4,11,13,15,18H,5-10H2/t18-/m0/s1. The Morgan fingerprint density at radius 1 is 1.18 bits per heavy atom. The van der Waals surface area contributed by atoms with Gasteiger partial charge >= 0.3 is 0 Å². The van der Waals surface area contributed by atoms with Gasteiger partial charge in [0.25, 0.3) is 0 Å². The van der Waals surface area contributed by atoms with Crippen LogP contribution in [0.15, 0.2) is 36.7 Å². The minimum absolute atomic E-state index is 0.0214. The van der Waals surface area contributed by atoms with E-state index in [9.17, 15) is 9.18 Å². The fourth-order valence-electron chi connectivity index (χ4n) is 3.79. The summed E-state index contributed by atoms with van der Waals surface area (Å²) in [5.74, 6) is 0.262. The van der Waals surface area contributed by atoms with Gasteiger partial charge in [-0.15, -0.1) is 0 Å². The van der Waals surface area contributed by atoms with Crippen LogP contribution in [0, 0.1) is 23.1 Å². The lowest BCUT2D eigenvalue weighted by atomic mass is 9.94. The predicted octanol–water partition coefficient (Wildman–Crippen LogP) is 2.61. The largest absolute Gasteiger partial charge is 0.356 e. The van der Waals surface area contributed by atoms with E-state index in [1.165, 1.54) is 23.5 Å². The van der Waals surface area contributed by atoms with Gasteiger partial charge in [-0.1, -0.05) is 12.1 Å². The van der Waals surface area contributed by atoms with Gasteiger partial charge in [0.2, 0.25) is 5.91 Å². The summed E-state index contributed by atoms with van der Waals surface area (Å²) in [6.45, 7) is 1.82. The maximum Gasteiger partial charge on any atom is 0.249 e. The summed E-state index contributed by atoms with van der Waals surface area (Å²) >= 11 is 0. The molecule has 1 aromatic carbocycles. The van der Waals surface area contributed by atoms with E-state index in [0.29, 0.717) is 50.5 Å². The maximum atomic E-state index is 13.2. The molecule has 1 aromatic heterocycles. The number of aromatic nitrogens is 2. The van der Waals surface area contributed by atoms with Gasteiger partial charge in [-0.05, 0) is 30.5 Å². The van der Waals surface area contributed by atoms with E-state index in [0.717, 1.165) is 5.56 Å². The molecule has 0 saturated carbocycles. The summed E-state index contributed by atoms with van der Waals surface area (Å²) in [7, 11) is 0. The highest BCUT2D eigenvalue weighted by atomic mass is 19.1. The number of halogens is 1. The van der Waals surface area contributed by atoms with E-state index in [1.807, 2.05) is 6.07 Å². The Morgan fingerprint density at radius 2 is 1.93 bits per heavy atom. The Hall–Kier alpha value is -3.05. The number of anilines is 1. The first-order valence-corrected chi connectivity index (χ1v) is 9.34. The van der Waals surface area contributed by atoms with Gasteiger partial charge in [0, 0.05) is 31.5 Å². The van der Waals surface area contributed by atoms with Gasteiger partial charge < -0.3 is 4.90 Å². The van der Waals surface area contributed by atoms with Crippen molar-refractivity contribution in [2.75, 3.05) is 24.6 Å². The Morgan fingerprint density at radius 3 is 2.64 bits per heavy atom. The molecule has 28 heavy (non-hydrogen) atoms. The van der Waals surface area contributed by atoms with Crippen molar-refractivity contribution >= 4 is 11.7 Å². The average molecular weight is 381 g/mol. The number of hydrogen-bond acceptors (Lipinski definition) is 6. The molecular weight excluding hydrogens is 361 g/mol. The first-order valence-electron chi connectivity index (χ1n) is 9.34. The number of hydrogen-bond donors (Lipinski definition) is 0. The second kappa shape index (κ2) is 7.90. The average Bonchev–Trinajstić information content (AvgIpc) is 3.24. The predicted molar refractivity (Wildman–Crippen MR) is 98.2 cm³/mol. The molecule has 2 aromatic rings. The zero-order valence-corrected chi connectivity index (χ0v) is 15.3. The summed E-state index contributed by atoms with van der Waals surface area (Å²) in [4.78, 5) is 28.8. The van der Waals surface area contributed by atoms with Gasteiger partial charge in [0.15, 0.2) is 0 Å². The number of hydroxylamine groups is 2. The molecular formula is C20H20FN5O2. The Kier molecular flexibility index (Phi) is 5.17. The number of piperidine rings is 1. The normalized spacial score (nSPS) is 20.2. The van der Waals surface area contributed by atoms with Crippen LogP contribution in [0.2, 0.25) is 0 Å². The monoisotopic (exact) mass is 381 g/mol. The summed E-state index contributed by atoms with van der Waals surface area (Å²) in [5, 5.41) is 10.5. The van der Waals surface area contributed by atoms with Gasteiger partial charge in [-0.2, -0.15) is 5.26 Å². The SMILES string of the molecule is N#Cc1cc(N2CCC(C(=O)N3OCC[C@H]3c3ccc(F)cc3)CC2)ncn1. The molecule has 4 rings (SSSR count). The van der Waals surface area contributed by atoms with E-state index >= 15 is 0 Å². The molecule has 8 heteroatoms. The van der Waals surface area contributed by atoms with E-state index in [2.05, 4.69) is 14.9 Å². The third-order valence-electron chi connectivity index (χ3n) is 5.31. The third-order valence-corrected chi connectivity index (χ3v) is 5.31. The molecule has 144 valence electrons. The van der Waals surface area contributed by atoms with Crippen molar-refractivity contribution in [3.63, 3.8) is 0 Å². The molecule has 7 nitrogen and oxygen atoms in total. The molecule has 0 N–H and O–H groups in total. The summed E-state index contributed by atoms with van der Waals surface area (Å²) < 4.78 is 13.2. The highest BCUT2D eigenvalue weighted by Gasteiger charge is 2.37. The molecule has 3 heterocycles. The number of nitriles is 1. The van der Waals surface area contributed by atoms with Crippen LogP contribution in [0.4, 0.5) is 10.2 Å². The second-order valence-electron chi connectivity index (χ2n) is 6.99. The fourth-order valence-corrected chi connectivity index (χ4v) is 3.79. The number of amides is 1. The molecule has 0 unspecified atom stereocenters.